The van der Waals surface area contributed by atoms with Gasteiger partial charge < -0.3 is 9.80 Å². The summed E-state index contributed by atoms with van der Waals surface area (Å²) >= 11 is 0. The summed E-state index contributed by atoms with van der Waals surface area (Å²) in [6.45, 7) is 5.79. The number of aliphatic imine (C=N–C) groups is 2. The van der Waals surface area contributed by atoms with Crippen LogP contribution in [0.1, 0.15) is 50.7 Å². The van der Waals surface area contributed by atoms with Crippen LogP contribution in [0, 0.1) is 0 Å². The lowest BCUT2D eigenvalue weighted by Crippen LogP contribution is -2.07. The van der Waals surface area contributed by atoms with Crippen molar-refractivity contribution in [2.75, 3.05) is 51.1 Å². The van der Waals surface area contributed by atoms with Crippen molar-refractivity contribution in [1.82, 2.24) is 0 Å². The van der Waals surface area contributed by atoms with Gasteiger partial charge in [-0.3, -0.25) is 9.98 Å². The fourth-order valence-electron chi connectivity index (χ4n) is 4.06. The molecule has 0 fully saturated rings. The predicted octanol–water partition coefficient (Wildman–Crippen LogP) is 9.25. The van der Waals surface area contributed by atoms with Gasteiger partial charge in [0, 0.05) is 65.1 Å². The molecule has 0 unspecified atom stereocenters. The van der Waals surface area contributed by atoms with Gasteiger partial charge in [-0.05, 0) is 85.4 Å². The highest BCUT2D eigenvalue weighted by Crippen LogP contribution is 2.15. The molecule has 0 saturated heterocycles. The van der Waals surface area contributed by atoms with E-state index in [1.54, 1.807) is 0 Å². The Morgan fingerprint density at radius 1 is 0.548 bits per heavy atom. The maximum atomic E-state index is 4.59. The van der Waals surface area contributed by atoms with E-state index < -0.39 is 0 Å². The SMILES string of the molecule is C\C=C/C(/C=C/c1ccc(N(C)C)cc1)=C\C=N\CCCCCC/N=C/C=C(\C=C/C)/C=C/c1ccc(N(C)C)cc1. The molecular weight excluding hydrogens is 512 g/mol. The summed E-state index contributed by atoms with van der Waals surface area (Å²) in [5.74, 6) is 0. The number of unbranched alkanes of at least 4 members (excludes halogenated alkanes) is 3. The zero-order valence-corrected chi connectivity index (χ0v) is 26.6. The van der Waals surface area contributed by atoms with E-state index in [0.29, 0.717) is 0 Å². The van der Waals surface area contributed by atoms with Crippen LogP contribution >= 0.6 is 0 Å². The van der Waals surface area contributed by atoms with Crippen molar-refractivity contribution in [1.29, 1.82) is 0 Å². The van der Waals surface area contributed by atoms with Gasteiger partial charge in [-0.15, -0.1) is 0 Å². The molecule has 0 saturated carbocycles. The van der Waals surface area contributed by atoms with Gasteiger partial charge in [0.25, 0.3) is 0 Å². The van der Waals surface area contributed by atoms with Gasteiger partial charge in [0.05, 0.1) is 0 Å². The first-order chi connectivity index (χ1) is 20.4. The van der Waals surface area contributed by atoms with E-state index in [2.05, 4.69) is 157 Å². The van der Waals surface area contributed by atoms with E-state index in [9.17, 15) is 0 Å². The van der Waals surface area contributed by atoms with Crippen LogP contribution in [0.2, 0.25) is 0 Å². The Labute approximate surface area is 255 Å². The highest BCUT2D eigenvalue weighted by Gasteiger charge is 1.95. The first-order valence-corrected chi connectivity index (χ1v) is 15.0. The lowest BCUT2D eigenvalue weighted by Gasteiger charge is -2.11. The molecule has 2 rings (SSSR count). The van der Waals surface area contributed by atoms with Crippen LogP contribution in [0.25, 0.3) is 12.2 Å². The molecule has 0 atom stereocenters. The summed E-state index contributed by atoms with van der Waals surface area (Å²) in [5.41, 5.74) is 7.05. The summed E-state index contributed by atoms with van der Waals surface area (Å²) in [6.07, 6.45) is 29.4. The van der Waals surface area contributed by atoms with Gasteiger partial charge in [0.15, 0.2) is 0 Å². The Morgan fingerprint density at radius 3 is 1.26 bits per heavy atom. The van der Waals surface area contributed by atoms with Crippen LogP contribution in [-0.4, -0.2) is 53.7 Å². The molecule has 222 valence electrons. The number of rotatable bonds is 17. The average molecular weight is 563 g/mol. The maximum Gasteiger partial charge on any atom is 0.0389 e. The maximum absolute atomic E-state index is 4.59. The normalized spacial score (nSPS) is 13.3. The Bertz CT molecular complexity index is 1160. The molecule has 2 aromatic carbocycles. The molecule has 0 spiro atoms. The number of nitrogens with zero attached hydrogens (tertiary/aromatic N) is 4. The first-order valence-electron chi connectivity index (χ1n) is 15.0. The molecule has 0 aliphatic rings. The van der Waals surface area contributed by atoms with Gasteiger partial charge in [-0.1, -0.05) is 85.7 Å². The van der Waals surface area contributed by atoms with Crippen LogP contribution in [0.4, 0.5) is 11.4 Å². The summed E-state index contributed by atoms with van der Waals surface area (Å²) < 4.78 is 0. The number of allylic oxidation sites excluding steroid dienone is 10. The van der Waals surface area contributed by atoms with Gasteiger partial charge in [-0.2, -0.15) is 0 Å². The van der Waals surface area contributed by atoms with Crippen LogP contribution in [0.3, 0.4) is 0 Å². The molecule has 0 aromatic heterocycles. The standard InChI is InChI=1S/C38H50N4/c1-7-13-33(15-17-35-19-23-37(24-20-35)41(3)4)27-31-39-29-11-9-10-12-30-40-32-28-34(14-8-2)16-18-36-21-25-38(26-22-36)42(5)6/h7-8,13-28,31-32H,9-12,29-30H2,1-6H3/b13-7-,14-8-,17-15+,18-16+,33-27+,34-28+,39-31+,40-32+. The molecule has 2 aromatic rings. The smallest absolute Gasteiger partial charge is 0.0389 e. The zero-order valence-electron chi connectivity index (χ0n) is 26.6. The fourth-order valence-corrected chi connectivity index (χ4v) is 4.06. The first kappa shape index (κ1) is 34.0. The molecule has 0 bridgehead atoms. The third kappa shape index (κ3) is 14.5. The lowest BCUT2D eigenvalue weighted by molar-refractivity contribution is 0.655. The van der Waals surface area contributed by atoms with E-state index in [4.69, 9.17) is 0 Å². The summed E-state index contributed by atoms with van der Waals surface area (Å²) in [7, 11) is 8.22. The minimum Gasteiger partial charge on any atom is -0.378 e. The second kappa shape index (κ2) is 20.7. The quantitative estimate of drug-likeness (QED) is 0.109. The topological polar surface area (TPSA) is 31.2 Å². The highest BCUT2D eigenvalue weighted by atomic mass is 15.1. The minimum absolute atomic E-state index is 0.859. The zero-order chi connectivity index (χ0) is 30.4. The Hall–Kier alpha value is -4.18. The van der Waals surface area contributed by atoms with Crippen molar-refractivity contribution < 1.29 is 0 Å². The minimum atomic E-state index is 0.859. The molecule has 4 nitrogen and oxygen atoms in total. The second-order valence-electron chi connectivity index (χ2n) is 10.5. The fraction of sp³-hybridized carbons (Fsp3) is 0.316. The van der Waals surface area contributed by atoms with Gasteiger partial charge in [-0.25, -0.2) is 0 Å². The van der Waals surface area contributed by atoms with E-state index in [-0.39, 0.29) is 0 Å². The predicted molar refractivity (Wildman–Crippen MR) is 191 cm³/mol. The highest BCUT2D eigenvalue weighted by molar-refractivity contribution is 5.75. The molecule has 0 N–H and O–H groups in total. The van der Waals surface area contributed by atoms with Crippen molar-refractivity contribution in [3.05, 3.63) is 119 Å². The molecule has 4 heteroatoms. The summed E-state index contributed by atoms with van der Waals surface area (Å²) in [5, 5.41) is 0. The van der Waals surface area contributed by atoms with Crippen LogP contribution < -0.4 is 9.80 Å². The third-order valence-corrected chi connectivity index (χ3v) is 6.54. The largest absolute Gasteiger partial charge is 0.378 e. The number of hydrogen-bond donors (Lipinski definition) is 0. The molecule has 0 aliphatic carbocycles. The van der Waals surface area contributed by atoms with Crippen molar-refractivity contribution in [2.45, 2.75) is 39.5 Å². The van der Waals surface area contributed by atoms with E-state index in [1.165, 1.54) is 35.3 Å². The van der Waals surface area contributed by atoms with E-state index in [1.807, 2.05) is 26.3 Å². The van der Waals surface area contributed by atoms with Gasteiger partial charge in [0.1, 0.15) is 0 Å². The molecule has 0 heterocycles. The van der Waals surface area contributed by atoms with Crippen molar-refractivity contribution in [3.63, 3.8) is 0 Å². The van der Waals surface area contributed by atoms with Crippen LogP contribution in [0.5, 0.6) is 0 Å². The average Bonchev–Trinajstić information content (AvgIpc) is 2.99. The molecule has 42 heavy (non-hydrogen) atoms. The number of hydrogen-bond acceptors (Lipinski definition) is 4. The molecular formula is C38H50N4. The molecule has 0 amide bonds. The Balaban J connectivity index is 1.69. The van der Waals surface area contributed by atoms with E-state index >= 15 is 0 Å². The molecule has 0 radical (unpaired) electrons. The third-order valence-electron chi connectivity index (χ3n) is 6.54. The lowest BCUT2D eigenvalue weighted by atomic mass is 10.1. The van der Waals surface area contributed by atoms with Crippen molar-refractivity contribution in [2.24, 2.45) is 9.98 Å². The van der Waals surface area contributed by atoms with Gasteiger partial charge >= 0.3 is 0 Å². The number of benzene rings is 2. The van der Waals surface area contributed by atoms with Gasteiger partial charge in [0.2, 0.25) is 0 Å². The van der Waals surface area contributed by atoms with Crippen LogP contribution in [-0.2, 0) is 0 Å². The summed E-state index contributed by atoms with van der Waals surface area (Å²) in [6, 6.07) is 17.1. The van der Waals surface area contributed by atoms with Crippen LogP contribution in [0.15, 0.2) is 118 Å². The number of anilines is 2. The molecule has 0 aliphatic heterocycles. The summed E-state index contributed by atoms with van der Waals surface area (Å²) in [4.78, 5) is 13.4. The Morgan fingerprint density at radius 2 is 0.929 bits per heavy atom. The van der Waals surface area contributed by atoms with Crippen molar-refractivity contribution in [3.8, 4) is 0 Å². The Kier molecular flexibility index (Phi) is 16.7. The van der Waals surface area contributed by atoms with E-state index in [0.717, 1.165) is 37.1 Å². The second-order valence-corrected chi connectivity index (χ2v) is 10.5. The monoisotopic (exact) mass is 562 g/mol. The van der Waals surface area contributed by atoms with Crippen molar-refractivity contribution >= 4 is 36.0 Å².